The predicted octanol–water partition coefficient (Wildman–Crippen LogP) is 2.02. The monoisotopic (exact) mass is 262 g/mol. The first-order chi connectivity index (χ1) is 7.66. The van der Waals surface area contributed by atoms with Crippen LogP contribution in [-0.4, -0.2) is 34.4 Å². The van der Waals surface area contributed by atoms with Crippen LogP contribution in [-0.2, 0) is 4.74 Å². The molecule has 1 aromatic heterocycles. The first-order valence-electron chi connectivity index (χ1n) is 5.07. The molecule has 1 aliphatic heterocycles. The maximum absolute atomic E-state index is 5.86. The van der Waals surface area contributed by atoms with Gasteiger partial charge in [-0.2, -0.15) is 4.98 Å². The third-order valence-corrected chi connectivity index (χ3v) is 3.07. The average molecular weight is 263 g/mol. The fourth-order valence-corrected chi connectivity index (χ4v) is 1.92. The molecule has 16 heavy (non-hydrogen) atoms. The lowest BCUT2D eigenvalue weighted by Crippen LogP contribution is -2.27. The summed E-state index contributed by atoms with van der Waals surface area (Å²) in [4.78, 5) is 3.99. The number of rotatable bonds is 3. The Morgan fingerprint density at radius 3 is 2.94 bits per heavy atom. The van der Waals surface area contributed by atoms with Crippen molar-refractivity contribution in [1.82, 2.24) is 15.2 Å². The standard InChI is InChI=1S/C9H12Cl2N4O/c1-5(6-2-3-16-4-6)12-8-7(10)14-15-9(11)13-8/h5-6H,2-4H2,1H3,(H,12,13,15). The van der Waals surface area contributed by atoms with Crippen molar-refractivity contribution in [2.75, 3.05) is 18.5 Å². The van der Waals surface area contributed by atoms with Gasteiger partial charge in [-0.15, -0.1) is 10.2 Å². The number of nitrogens with zero attached hydrogens (tertiary/aromatic N) is 3. The van der Waals surface area contributed by atoms with E-state index in [2.05, 4.69) is 27.4 Å². The van der Waals surface area contributed by atoms with E-state index in [1.54, 1.807) is 0 Å². The van der Waals surface area contributed by atoms with Crippen LogP contribution in [0, 0.1) is 5.92 Å². The number of nitrogens with one attached hydrogen (secondary N) is 1. The summed E-state index contributed by atoms with van der Waals surface area (Å²) in [6, 6.07) is 0.216. The quantitative estimate of drug-likeness (QED) is 0.903. The van der Waals surface area contributed by atoms with Crippen molar-refractivity contribution in [2.24, 2.45) is 5.92 Å². The summed E-state index contributed by atoms with van der Waals surface area (Å²) < 4.78 is 5.32. The minimum atomic E-state index is 0.0850. The van der Waals surface area contributed by atoms with E-state index in [4.69, 9.17) is 27.9 Å². The van der Waals surface area contributed by atoms with Gasteiger partial charge in [-0.3, -0.25) is 0 Å². The van der Waals surface area contributed by atoms with Crippen molar-refractivity contribution in [2.45, 2.75) is 19.4 Å². The van der Waals surface area contributed by atoms with E-state index in [1.807, 2.05) is 0 Å². The van der Waals surface area contributed by atoms with E-state index in [9.17, 15) is 0 Å². The molecule has 0 amide bonds. The number of ether oxygens (including phenoxy) is 1. The number of hydrogen-bond acceptors (Lipinski definition) is 5. The summed E-state index contributed by atoms with van der Waals surface area (Å²) in [5.41, 5.74) is 0. The molecule has 5 nitrogen and oxygen atoms in total. The topological polar surface area (TPSA) is 59.9 Å². The van der Waals surface area contributed by atoms with Crippen LogP contribution >= 0.6 is 23.2 Å². The second-order valence-corrected chi connectivity index (χ2v) is 4.47. The molecule has 0 radical (unpaired) electrons. The highest BCUT2D eigenvalue weighted by atomic mass is 35.5. The zero-order valence-corrected chi connectivity index (χ0v) is 10.3. The number of aromatic nitrogens is 3. The van der Waals surface area contributed by atoms with Crippen LogP contribution in [0.25, 0.3) is 0 Å². The summed E-state index contributed by atoms with van der Waals surface area (Å²) in [5.74, 6) is 0.936. The van der Waals surface area contributed by atoms with Gasteiger partial charge in [0.2, 0.25) is 5.28 Å². The Bertz CT molecular complexity index is 371. The van der Waals surface area contributed by atoms with Gasteiger partial charge in [0, 0.05) is 18.6 Å². The van der Waals surface area contributed by atoms with E-state index in [0.29, 0.717) is 11.7 Å². The predicted molar refractivity (Wildman–Crippen MR) is 61.9 cm³/mol. The number of hydrogen-bond donors (Lipinski definition) is 1. The SMILES string of the molecule is CC(Nc1nc(Cl)nnc1Cl)C1CCOC1. The number of halogens is 2. The van der Waals surface area contributed by atoms with Crippen LogP contribution in [0.1, 0.15) is 13.3 Å². The Hall–Kier alpha value is -0.650. The lowest BCUT2D eigenvalue weighted by atomic mass is 10.0. The molecule has 1 fully saturated rings. The smallest absolute Gasteiger partial charge is 0.245 e. The summed E-state index contributed by atoms with van der Waals surface area (Å²) in [6.45, 7) is 3.64. The maximum Gasteiger partial charge on any atom is 0.245 e. The minimum absolute atomic E-state index is 0.0850. The Labute approximate surface area is 104 Å². The summed E-state index contributed by atoms with van der Waals surface area (Å²) in [5, 5.41) is 10.7. The molecule has 0 aromatic carbocycles. The maximum atomic E-state index is 5.86. The normalized spacial score (nSPS) is 22.1. The molecule has 1 saturated heterocycles. The lowest BCUT2D eigenvalue weighted by Gasteiger charge is -2.19. The fraction of sp³-hybridized carbons (Fsp3) is 0.667. The van der Waals surface area contributed by atoms with Gasteiger partial charge in [-0.25, -0.2) is 0 Å². The Morgan fingerprint density at radius 1 is 1.44 bits per heavy atom. The highest BCUT2D eigenvalue weighted by Crippen LogP contribution is 2.22. The van der Waals surface area contributed by atoms with E-state index in [-0.39, 0.29) is 16.5 Å². The van der Waals surface area contributed by atoms with Crippen LogP contribution < -0.4 is 5.32 Å². The van der Waals surface area contributed by atoms with Crippen LogP contribution in [0.3, 0.4) is 0 Å². The van der Waals surface area contributed by atoms with Crippen molar-refractivity contribution < 1.29 is 4.74 Å². The third kappa shape index (κ3) is 2.72. The van der Waals surface area contributed by atoms with Crippen molar-refractivity contribution in [3.8, 4) is 0 Å². The molecule has 1 aromatic rings. The third-order valence-electron chi connectivity index (χ3n) is 2.66. The van der Waals surface area contributed by atoms with Gasteiger partial charge in [0.25, 0.3) is 0 Å². The van der Waals surface area contributed by atoms with E-state index < -0.39 is 0 Å². The summed E-state index contributed by atoms with van der Waals surface area (Å²) >= 11 is 11.5. The first kappa shape index (κ1) is 11.8. The van der Waals surface area contributed by atoms with Gasteiger partial charge >= 0.3 is 0 Å². The van der Waals surface area contributed by atoms with Crippen LogP contribution in [0.15, 0.2) is 0 Å². The van der Waals surface area contributed by atoms with Crippen LogP contribution in [0.4, 0.5) is 5.82 Å². The van der Waals surface area contributed by atoms with Crippen molar-refractivity contribution in [1.29, 1.82) is 0 Å². The zero-order valence-electron chi connectivity index (χ0n) is 8.78. The van der Waals surface area contributed by atoms with E-state index in [0.717, 1.165) is 19.6 Å². The highest BCUT2D eigenvalue weighted by molar-refractivity contribution is 6.32. The van der Waals surface area contributed by atoms with Crippen molar-refractivity contribution in [3.63, 3.8) is 0 Å². The Kier molecular flexibility index (Phi) is 3.78. The second-order valence-electron chi connectivity index (χ2n) is 3.78. The molecule has 88 valence electrons. The molecular formula is C9H12Cl2N4O. The molecule has 0 bridgehead atoms. The molecule has 2 atom stereocenters. The van der Waals surface area contributed by atoms with Gasteiger partial charge in [-0.1, -0.05) is 11.6 Å². The van der Waals surface area contributed by atoms with Gasteiger partial charge < -0.3 is 10.1 Å². The van der Waals surface area contributed by atoms with Gasteiger partial charge in [0.15, 0.2) is 11.0 Å². The van der Waals surface area contributed by atoms with Crippen LogP contribution in [0.2, 0.25) is 10.4 Å². The van der Waals surface area contributed by atoms with Gasteiger partial charge in [-0.05, 0) is 24.9 Å². The zero-order chi connectivity index (χ0) is 11.5. The molecular weight excluding hydrogens is 251 g/mol. The average Bonchev–Trinajstić information content (AvgIpc) is 2.76. The van der Waals surface area contributed by atoms with Crippen LogP contribution in [0.5, 0.6) is 0 Å². The Morgan fingerprint density at radius 2 is 2.25 bits per heavy atom. The van der Waals surface area contributed by atoms with E-state index in [1.165, 1.54) is 0 Å². The molecule has 1 N–H and O–H groups in total. The second kappa shape index (κ2) is 5.12. The Balaban J connectivity index is 2.04. The van der Waals surface area contributed by atoms with Gasteiger partial charge in [0.05, 0.1) is 6.61 Å². The van der Waals surface area contributed by atoms with Crippen molar-refractivity contribution >= 4 is 29.0 Å². The highest BCUT2D eigenvalue weighted by Gasteiger charge is 2.23. The molecule has 1 aliphatic rings. The lowest BCUT2D eigenvalue weighted by molar-refractivity contribution is 0.183. The molecule has 2 heterocycles. The molecule has 2 rings (SSSR count). The fourth-order valence-electron chi connectivity index (χ4n) is 1.67. The first-order valence-corrected chi connectivity index (χ1v) is 5.82. The summed E-state index contributed by atoms with van der Waals surface area (Å²) in [6.07, 6.45) is 1.04. The summed E-state index contributed by atoms with van der Waals surface area (Å²) in [7, 11) is 0. The molecule has 2 unspecified atom stereocenters. The van der Waals surface area contributed by atoms with Gasteiger partial charge in [0.1, 0.15) is 0 Å². The molecule has 0 aliphatic carbocycles. The largest absolute Gasteiger partial charge is 0.381 e. The van der Waals surface area contributed by atoms with E-state index >= 15 is 0 Å². The van der Waals surface area contributed by atoms with Crippen molar-refractivity contribution in [3.05, 3.63) is 10.4 Å². The molecule has 0 saturated carbocycles. The minimum Gasteiger partial charge on any atom is -0.381 e. The number of anilines is 1. The molecule has 0 spiro atoms. The molecule has 7 heteroatoms.